The first-order valence-corrected chi connectivity index (χ1v) is 16.5. The Bertz CT molecular complexity index is 1630. The summed E-state index contributed by atoms with van der Waals surface area (Å²) in [5.74, 6) is -2.87. The maximum absolute atomic E-state index is 14.6. The predicted octanol–water partition coefficient (Wildman–Crippen LogP) is 5.05. The van der Waals surface area contributed by atoms with E-state index in [-0.39, 0.29) is 25.3 Å². The number of ether oxygens (including phenoxy) is 1. The monoisotopic (exact) mass is 687 g/mol. The Hall–Kier alpha value is -3.80. The number of carbonyl (C=O) groups excluding carboxylic acids is 3. The van der Waals surface area contributed by atoms with Crippen molar-refractivity contribution >= 4 is 57.9 Å². The van der Waals surface area contributed by atoms with Crippen molar-refractivity contribution in [1.29, 1.82) is 0 Å². The van der Waals surface area contributed by atoms with Gasteiger partial charge < -0.3 is 31.2 Å². The number of hydrogen-bond donors (Lipinski definition) is 5. The van der Waals surface area contributed by atoms with E-state index in [1.54, 1.807) is 50.2 Å². The molecule has 0 bridgehead atoms. The van der Waals surface area contributed by atoms with Gasteiger partial charge in [0.05, 0.1) is 16.6 Å². The number of nitrogens with one attached hydrogen (secondary N) is 3. The number of carbonyl (C=O) groups is 4. The molecule has 0 aliphatic heterocycles. The number of amides is 4. The summed E-state index contributed by atoms with van der Waals surface area (Å²) in [6.07, 6.45) is -0.742. The smallest absolute Gasteiger partial charge is 0.408 e. The first kappa shape index (κ1) is 36.0. The number of halogens is 2. The molecule has 1 heterocycles. The van der Waals surface area contributed by atoms with Crippen LogP contribution >= 0.6 is 23.2 Å². The lowest BCUT2D eigenvalue weighted by molar-refractivity contribution is -0.140. The number of aryl methyl sites for hydroxylation is 1. The van der Waals surface area contributed by atoms with Crippen LogP contribution < -0.4 is 16.4 Å². The zero-order valence-electron chi connectivity index (χ0n) is 27.2. The lowest BCUT2D eigenvalue weighted by Crippen LogP contribution is -2.67. The minimum Gasteiger partial charge on any atom is -0.465 e. The minimum absolute atomic E-state index is 0.0231. The van der Waals surface area contributed by atoms with Crippen LogP contribution in [-0.2, 0) is 38.5 Å². The van der Waals surface area contributed by atoms with Crippen molar-refractivity contribution in [1.82, 2.24) is 20.5 Å². The molecule has 4 rings (SSSR count). The van der Waals surface area contributed by atoms with Crippen LogP contribution in [-0.4, -0.2) is 69.6 Å². The summed E-state index contributed by atoms with van der Waals surface area (Å²) in [5.41, 5.74) is 7.05. The molecule has 0 spiro atoms. The summed E-state index contributed by atoms with van der Waals surface area (Å²) in [5, 5.41) is 17.8. The van der Waals surface area contributed by atoms with Crippen molar-refractivity contribution in [3.63, 3.8) is 0 Å². The lowest BCUT2D eigenvalue weighted by atomic mass is 9.78. The number of aromatic amines is 1. The number of benzene rings is 2. The van der Waals surface area contributed by atoms with Crippen LogP contribution in [0.2, 0.25) is 10.0 Å². The molecule has 1 aliphatic rings. The fraction of sp³-hybridized carbons (Fsp3) is 0.471. The standard InChI is InChI=1S/C34H43Cl2N5O6/c1-6-18(2)27(30(37)42)39-32(44)34(13-12-26-24(16-34)23-14-22(35)15-25(36)28(23)38-26)40-31(43)29(19(3)20(4)47-5)41(33(45)46)17-21-10-8-7-9-11-21/h7-11,14-15,18-20,27,29,38H,6,12-13,16-17H2,1-5H3,(H2,37,42)(H,39,44)(H,40,43)(H,45,46)/t18-,19?,20?,27-,29?,34+/m0/s1. The van der Waals surface area contributed by atoms with Crippen LogP contribution in [0.15, 0.2) is 42.5 Å². The van der Waals surface area contributed by atoms with Crippen LogP contribution in [0.25, 0.3) is 10.9 Å². The third-order valence-corrected chi connectivity index (χ3v) is 10.1. The molecule has 1 aromatic heterocycles. The maximum Gasteiger partial charge on any atom is 0.408 e. The largest absolute Gasteiger partial charge is 0.465 e. The molecule has 4 amide bonds. The SMILES string of the molecule is CC[C@H](C)[C@H](NC(=O)[C@@]1(NC(=O)C(C(C)C(C)OC)N(Cc2ccccc2)C(=O)O)CCc2[nH]c3c(Cl)cc(Cl)cc3c2C1)C(N)=O. The van der Waals surface area contributed by atoms with Gasteiger partial charge in [-0.2, -0.15) is 0 Å². The third-order valence-electron chi connectivity index (χ3n) is 9.56. The van der Waals surface area contributed by atoms with Gasteiger partial charge in [0.2, 0.25) is 17.7 Å². The molecule has 3 unspecified atom stereocenters. The molecule has 0 fully saturated rings. The molecule has 6 N–H and O–H groups in total. The zero-order chi connectivity index (χ0) is 34.6. The predicted molar refractivity (Wildman–Crippen MR) is 181 cm³/mol. The zero-order valence-corrected chi connectivity index (χ0v) is 28.7. The Morgan fingerprint density at radius 2 is 1.81 bits per heavy atom. The van der Waals surface area contributed by atoms with Crippen LogP contribution in [0.1, 0.15) is 57.4 Å². The van der Waals surface area contributed by atoms with E-state index in [0.717, 1.165) is 16.2 Å². The molecular formula is C34H43Cl2N5O6. The van der Waals surface area contributed by atoms with Gasteiger partial charge in [-0.15, -0.1) is 0 Å². The Kier molecular flexibility index (Phi) is 11.5. The highest BCUT2D eigenvalue weighted by atomic mass is 35.5. The summed E-state index contributed by atoms with van der Waals surface area (Å²) in [4.78, 5) is 58.7. The average molecular weight is 689 g/mol. The van der Waals surface area contributed by atoms with Gasteiger partial charge in [-0.05, 0) is 48.9 Å². The summed E-state index contributed by atoms with van der Waals surface area (Å²) in [6.45, 7) is 7.11. The molecule has 11 nitrogen and oxygen atoms in total. The number of carboxylic acid groups (broad SMARTS) is 1. The van der Waals surface area contributed by atoms with E-state index in [0.29, 0.717) is 39.4 Å². The number of hydrogen-bond acceptors (Lipinski definition) is 5. The van der Waals surface area contributed by atoms with Gasteiger partial charge >= 0.3 is 6.09 Å². The second-order valence-corrected chi connectivity index (χ2v) is 13.4. The first-order valence-electron chi connectivity index (χ1n) is 15.7. The van der Waals surface area contributed by atoms with Crippen LogP contribution in [0.3, 0.4) is 0 Å². The van der Waals surface area contributed by atoms with Gasteiger partial charge in [0.25, 0.3) is 0 Å². The van der Waals surface area contributed by atoms with Crippen molar-refractivity contribution in [2.45, 2.75) is 83.6 Å². The number of rotatable bonds is 13. The Labute approximate surface area is 284 Å². The van der Waals surface area contributed by atoms with E-state index in [9.17, 15) is 24.3 Å². The van der Waals surface area contributed by atoms with Crippen LogP contribution in [0.5, 0.6) is 0 Å². The van der Waals surface area contributed by atoms with Gasteiger partial charge in [-0.25, -0.2) is 4.79 Å². The number of fused-ring (bicyclic) bond motifs is 3. The quantitative estimate of drug-likeness (QED) is 0.169. The summed E-state index contributed by atoms with van der Waals surface area (Å²) < 4.78 is 5.55. The first-order chi connectivity index (χ1) is 22.2. The van der Waals surface area contributed by atoms with Gasteiger partial charge in [0.15, 0.2) is 0 Å². The fourth-order valence-electron chi connectivity index (χ4n) is 6.35. The molecule has 254 valence electrons. The Balaban J connectivity index is 1.82. The van der Waals surface area contributed by atoms with E-state index in [1.165, 1.54) is 7.11 Å². The third kappa shape index (κ3) is 7.69. The van der Waals surface area contributed by atoms with Crippen LogP contribution in [0, 0.1) is 11.8 Å². The number of methoxy groups -OCH3 is 1. The Morgan fingerprint density at radius 1 is 1.13 bits per heavy atom. The van der Waals surface area contributed by atoms with Gasteiger partial charge in [-0.3, -0.25) is 19.3 Å². The number of primary amides is 1. The van der Waals surface area contributed by atoms with Crippen molar-refractivity contribution in [3.05, 3.63) is 69.3 Å². The van der Waals surface area contributed by atoms with Crippen molar-refractivity contribution in [2.24, 2.45) is 17.6 Å². The van der Waals surface area contributed by atoms with E-state index >= 15 is 0 Å². The highest BCUT2D eigenvalue weighted by molar-refractivity contribution is 6.38. The highest BCUT2D eigenvalue weighted by Gasteiger charge is 2.48. The molecule has 0 saturated heterocycles. The molecule has 1 aliphatic carbocycles. The highest BCUT2D eigenvalue weighted by Crippen LogP contribution is 2.38. The summed E-state index contributed by atoms with van der Waals surface area (Å²) >= 11 is 12.9. The molecule has 2 aromatic carbocycles. The molecule has 0 saturated carbocycles. The van der Waals surface area contributed by atoms with E-state index < -0.39 is 53.5 Å². The van der Waals surface area contributed by atoms with E-state index in [4.69, 9.17) is 33.7 Å². The molecular weight excluding hydrogens is 645 g/mol. The molecule has 3 aromatic rings. The fourth-order valence-corrected chi connectivity index (χ4v) is 6.89. The van der Waals surface area contributed by atoms with Gasteiger partial charge in [0, 0.05) is 42.1 Å². The van der Waals surface area contributed by atoms with Crippen molar-refractivity contribution in [2.75, 3.05) is 7.11 Å². The van der Waals surface area contributed by atoms with Crippen molar-refractivity contribution < 1.29 is 29.0 Å². The topological polar surface area (TPSA) is 167 Å². The Morgan fingerprint density at radius 3 is 2.40 bits per heavy atom. The minimum atomic E-state index is -1.58. The summed E-state index contributed by atoms with van der Waals surface area (Å²) in [6, 6.07) is 10.1. The molecule has 13 heteroatoms. The number of H-pyrrole nitrogens is 1. The van der Waals surface area contributed by atoms with Gasteiger partial charge in [0.1, 0.15) is 17.6 Å². The summed E-state index contributed by atoms with van der Waals surface area (Å²) in [7, 11) is 1.49. The molecule has 6 atom stereocenters. The number of nitrogens with two attached hydrogens (primary N) is 1. The normalized spacial score (nSPS) is 19.1. The maximum atomic E-state index is 14.6. The number of aromatic nitrogens is 1. The van der Waals surface area contributed by atoms with Crippen LogP contribution in [0.4, 0.5) is 4.79 Å². The second-order valence-electron chi connectivity index (χ2n) is 12.5. The molecule has 0 radical (unpaired) electrons. The average Bonchev–Trinajstić information content (AvgIpc) is 3.40. The lowest BCUT2D eigenvalue weighted by Gasteiger charge is -2.41. The van der Waals surface area contributed by atoms with E-state index in [2.05, 4.69) is 15.6 Å². The second kappa shape index (κ2) is 15.0. The van der Waals surface area contributed by atoms with E-state index in [1.807, 2.05) is 19.9 Å². The molecule has 47 heavy (non-hydrogen) atoms. The van der Waals surface area contributed by atoms with Gasteiger partial charge in [-0.1, -0.05) is 80.7 Å². The van der Waals surface area contributed by atoms with Crippen molar-refractivity contribution in [3.8, 4) is 0 Å². The number of nitrogens with zero attached hydrogens (tertiary/aromatic N) is 1.